The van der Waals surface area contributed by atoms with E-state index in [0.29, 0.717) is 13.1 Å². The molecule has 1 rings (SSSR count). The minimum absolute atomic E-state index is 0.304. The van der Waals surface area contributed by atoms with Gasteiger partial charge in [0.2, 0.25) is 0 Å². The van der Waals surface area contributed by atoms with E-state index in [1.165, 1.54) is 12.3 Å². The third kappa shape index (κ3) is 2.94. The molecular weight excluding hydrogens is 157 g/mol. The van der Waals surface area contributed by atoms with Crippen LogP contribution in [0.25, 0.3) is 0 Å². The van der Waals surface area contributed by atoms with Crippen molar-refractivity contribution in [3.8, 4) is 0 Å². The fourth-order valence-corrected chi connectivity index (χ4v) is 0.887. The van der Waals surface area contributed by atoms with Crippen molar-refractivity contribution in [1.82, 2.24) is 10.3 Å². The monoisotopic (exact) mass is 169 g/mol. The van der Waals surface area contributed by atoms with E-state index in [2.05, 4.69) is 10.3 Å². The highest BCUT2D eigenvalue weighted by Crippen LogP contribution is 1.99. The smallest absolute Gasteiger partial charge is 0.141 e. The summed E-state index contributed by atoms with van der Waals surface area (Å²) in [6, 6.07) is 1.45. The van der Waals surface area contributed by atoms with Crippen LogP contribution in [-0.2, 0) is 6.54 Å². The summed E-state index contributed by atoms with van der Waals surface area (Å²) < 4.78 is 12.6. The number of nitrogens with two attached hydrogens (primary N) is 1. The van der Waals surface area contributed by atoms with E-state index in [1.54, 1.807) is 6.20 Å². The van der Waals surface area contributed by atoms with Crippen molar-refractivity contribution in [2.24, 2.45) is 5.73 Å². The predicted octanol–water partition coefficient (Wildman–Crippen LogP) is 0.269. The summed E-state index contributed by atoms with van der Waals surface area (Å²) in [5.41, 5.74) is 6.11. The van der Waals surface area contributed by atoms with Gasteiger partial charge >= 0.3 is 0 Å². The average molecular weight is 169 g/mol. The van der Waals surface area contributed by atoms with E-state index in [-0.39, 0.29) is 5.82 Å². The Labute approximate surface area is 70.8 Å². The number of nitrogens with one attached hydrogen (secondary N) is 1. The molecule has 0 aliphatic rings. The molecule has 0 atom stereocenters. The maximum atomic E-state index is 12.6. The van der Waals surface area contributed by atoms with Crippen LogP contribution in [0.15, 0.2) is 18.5 Å². The predicted molar refractivity (Wildman–Crippen MR) is 45.0 cm³/mol. The van der Waals surface area contributed by atoms with Crippen LogP contribution in [0.4, 0.5) is 4.39 Å². The number of rotatable bonds is 4. The van der Waals surface area contributed by atoms with Crippen LogP contribution in [0, 0.1) is 5.82 Å². The Morgan fingerprint density at radius 2 is 2.33 bits per heavy atom. The number of aromatic nitrogens is 1. The Morgan fingerprint density at radius 3 is 3.00 bits per heavy atom. The fraction of sp³-hybridized carbons (Fsp3) is 0.375. The molecule has 1 heterocycles. The van der Waals surface area contributed by atoms with Crippen molar-refractivity contribution in [2.75, 3.05) is 13.1 Å². The summed E-state index contributed by atoms with van der Waals surface area (Å²) in [7, 11) is 0. The lowest BCUT2D eigenvalue weighted by molar-refractivity contribution is 0.613. The van der Waals surface area contributed by atoms with E-state index >= 15 is 0 Å². The average Bonchev–Trinajstić information content (AvgIpc) is 2.05. The van der Waals surface area contributed by atoms with Gasteiger partial charge in [0.1, 0.15) is 5.82 Å². The molecule has 0 aromatic carbocycles. The molecule has 0 aliphatic carbocycles. The molecule has 3 N–H and O–H groups in total. The van der Waals surface area contributed by atoms with Gasteiger partial charge in [0, 0.05) is 25.8 Å². The first-order chi connectivity index (χ1) is 5.83. The quantitative estimate of drug-likeness (QED) is 0.636. The molecule has 0 saturated heterocycles. The van der Waals surface area contributed by atoms with Crippen LogP contribution in [0.1, 0.15) is 5.56 Å². The topological polar surface area (TPSA) is 50.9 Å². The summed E-state index contributed by atoms with van der Waals surface area (Å²) in [4.78, 5) is 3.72. The lowest BCUT2D eigenvalue weighted by Gasteiger charge is -2.01. The van der Waals surface area contributed by atoms with Crippen molar-refractivity contribution >= 4 is 0 Å². The zero-order valence-corrected chi connectivity index (χ0v) is 6.76. The van der Waals surface area contributed by atoms with Gasteiger partial charge in [-0.1, -0.05) is 0 Å². The number of halogens is 1. The van der Waals surface area contributed by atoms with E-state index in [0.717, 1.165) is 12.1 Å². The minimum atomic E-state index is -0.304. The molecule has 0 amide bonds. The zero-order valence-electron chi connectivity index (χ0n) is 6.76. The third-order valence-corrected chi connectivity index (χ3v) is 1.41. The summed E-state index contributed by atoms with van der Waals surface area (Å²) in [5, 5.41) is 3.05. The van der Waals surface area contributed by atoms with E-state index in [1.807, 2.05) is 0 Å². The Bertz CT molecular complexity index is 239. The van der Waals surface area contributed by atoms with Crippen molar-refractivity contribution in [2.45, 2.75) is 6.54 Å². The highest BCUT2D eigenvalue weighted by Gasteiger charge is 1.94. The summed E-state index contributed by atoms with van der Waals surface area (Å²) in [6.07, 6.45) is 2.82. The second kappa shape index (κ2) is 4.79. The highest BCUT2D eigenvalue weighted by molar-refractivity contribution is 5.09. The fourth-order valence-electron chi connectivity index (χ4n) is 0.887. The van der Waals surface area contributed by atoms with Gasteiger partial charge in [-0.05, 0) is 11.6 Å². The van der Waals surface area contributed by atoms with Gasteiger partial charge in [-0.15, -0.1) is 0 Å². The number of nitrogens with zero attached hydrogens (tertiary/aromatic N) is 1. The first-order valence-corrected chi connectivity index (χ1v) is 3.83. The van der Waals surface area contributed by atoms with Gasteiger partial charge in [-0.3, -0.25) is 4.98 Å². The summed E-state index contributed by atoms with van der Waals surface area (Å²) >= 11 is 0. The van der Waals surface area contributed by atoms with Crippen LogP contribution in [0.2, 0.25) is 0 Å². The van der Waals surface area contributed by atoms with Crippen molar-refractivity contribution in [3.05, 3.63) is 29.8 Å². The van der Waals surface area contributed by atoms with Crippen LogP contribution in [-0.4, -0.2) is 18.1 Å². The second-order valence-corrected chi connectivity index (χ2v) is 2.48. The van der Waals surface area contributed by atoms with Crippen molar-refractivity contribution < 1.29 is 4.39 Å². The lowest BCUT2D eigenvalue weighted by Crippen LogP contribution is -2.21. The van der Waals surface area contributed by atoms with Gasteiger partial charge in [0.15, 0.2) is 0 Å². The van der Waals surface area contributed by atoms with Crippen LogP contribution in [0.5, 0.6) is 0 Å². The number of pyridine rings is 1. The molecule has 0 bridgehead atoms. The Morgan fingerprint density at radius 1 is 1.50 bits per heavy atom. The molecule has 0 aliphatic heterocycles. The largest absolute Gasteiger partial charge is 0.329 e. The molecule has 4 heteroatoms. The molecule has 0 unspecified atom stereocenters. The summed E-state index contributed by atoms with van der Waals surface area (Å²) in [5.74, 6) is -0.304. The van der Waals surface area contributed by atoms with Crippen molar-refractivity contribution in [1.29, 1.82) is 0 Å². The summed E-state index contributed by atoms with van der Waals surface area (Å²) in [6.45, 7) is 1.93. The molecule has 0 saturated carbocycles. The van der Waals surface area contributed by atoms with E-state index < -0.39 is 0 Å². The van der Waals surface area contributed by atoms with Gasteiger partial charge in [-0.25, -0.2) is 4.39 Å². The SMILES string of the molecule is NCCNCc1cncc(F)c1. The molecule has 12 heavy (non-hydrogen) atoms. The normalized spacial score (nSPS) is 10.2. The maximum Gasteiger partial charge on any atom is 0.141 e. The first kappa shape index (κ1) is 9.09. The number of hydrogen-bond donors (Lipinski definition) is 2. The van der Waals surface area contributed by atoms with Gasteiger partial charge in [0.05, 0.1) is 6.20 Å². The van der Waals surface area contributed by atoms with Crippen LogP contribution < -0.4 is 11.1 Å². The maximum absolute atomic E-state index is 12.6. The van der Waals surface area contributed by atoms with Gasteiger partial charge in [0.25, 0.3) is 0 Å². The van der Waals surface area contributed by atoms with Gasteiger partial charge < -0.3 is 11.1 Å². The molecule has 0 spiro atoms. The van der Waals surface area contributed by atoms with Gasteiger partial charge in [-0.2, -0.15) is 0 Å². The minimum Gasteiger partial charge on any atom is -0.329 e. The van der Waals surface area contributed by atoms with Crippen LogP contribution in [0.3, 0.4) is 0 Å². The molecule has 1 aromatic rings. The Hall–Kier alpha value is -1.00. The zero-order chi connectivity index (χ0) is 8.81. The first-order valence-electron chi connectivity index (χ1n) is 3.83. The molecular formula is C8H12FN3. The van der Waals surface area contributed by atoms with Crippen LogP contribution >= 0.6 is 0 Å². The second-order valence-electron chi connectivity index (χ2n) is 2.48. The standard InChI is InChI=1S/C8H12FN3/c9-8-3-7(5-12-6-8)4-11-2-1-10/h3,5-6,11H,1-2,4,10H2. The molecule has 1 aromatic heterocycles. The molecule has 0 fully saturated rings. The van der Waals surface area contributed by atoms with Crippen molar-refractivity contribution in [3.63, 3.8) is 0 Å². The third-order valence-electron chi connectivity index (χ3n) is 1.41. The number of hydrogen-bond acceptors (Lipinski definition) is 3. The molecule has 3 nitrogen and oxygen atoms in total. The Balaban J connectivity index is 2.41. The van der Waals surface area contributed by atoms with E-state index in [9.17, 15) is 4.39 Å². The van der Waals surface area contributed by atoms with E-state index in [4.69, 9.17) is 5.73 Å². The molecule has 0 radical (unpaired) electrons. The Kier molecular flexibility index (Phi) is 3.63. The molecule has 66 valence electrons. The highest BCUT2D eigenvalue weighted by atomic mass is 19.1. The lowest BCUT2D eigenvalue weighted by atomic mass is 10.3.